The molecule has 0 saturated heterocycles. The molecule has 0 fully saturated rings. The van der Waals surface area contributed by atoms with E-state index in [4.69, 9.17) is 9.84 Å². The fourth-order valence-electron chi connectivity index (χ4n) is 2.30. The van der Waals surface area contributed by atoms with Gasteiger partial charge in [-0.3, -0.25) is 9.59 Å². The first-order valence-electron chi connectivity index (χ1n) is 8.14. The Morgan fingerprint density at radius 3 is 2.04 bits per heavy atom. The molecule has 0 aromatic heterocycles. The van der Waals surface area contributed by atoms with Crippen LogP contribution in [0.4, 0.5) is 0 Å². The Morgan fingerprint density at radius 2 is 1.48 bits per heavy atom. The van der Waals surface area contributed by atoms with E-state index in [9.17, 15) is 19.8 Å². The van der Waals surface area contributed by atoms with E-state index >= 15 is 0 Å². The lowest BCUT2D eigenvalue weighted by Gasteiger charge is -2.03. The van der Waals surface area contributed by atoms with Gasteiger partial charge in [-0.15, -0.1) is 0 Å². The van der Waals surface area contributed by atoms with Gasteiger partial charge in [0.25, 0.3) is 0 Å². The van der Waals surface area contributed by atoms with E-state index in [1.165, 1.54) is 43.5 Å². The molecular formula is C21H20O6. The van der Waals surface area contributed by atoms with Crippen molar-refractivity contribution in [1.82, 2.24) is 0 Å². The number of phenolic OH excluding ortho intramolecular Hbond substituents is 1. The number of aliphatic hydroxyl groups excluding tert-OH is 1. The van der Waals surface area contributed by atoms with E-state index < -0.39 is 0 Å². The highest BCUT2D eigenvalue weighted by Gasteiger charge is 2.05. The van der Waals surface area contributed by atoms with Gasteiger partial charge in [-0.05, 0) is 47.5 Å². The van der Waals surface area contributed by atoms with E-state index in [1.807, 2.05) is 0 Å². The molecule has 3 N–H and O–H groups in total. The second-order valence-corrected chi connectivity index (χ2v) is 5.75. The van der Waals surface area contributed by atoms with Gasteiger partial charge in [-0.2, -0.15) is 0 Å². The van der Waals surface area contributed by atoms with Crippen molar-refractivity contribution in [2.45, 2.75) is 13.0 Å². The molecule has 0 spiro atoms. The number of rotatable bonds is 8. The third-order valence-corrected chi connectivity index (χ3v) is 3.75. The highest BCUT2D eigenvalue weighted by atomic mass is 16.5. The Bertz CT molecular complexity index is 822. The van der Waals surface area contributed by atoms with Crippen LogP contribution in [-0.4, -0.2) is 34.0 Å². The van der Waals surface area contributed by atoms with Gasteiger partial charge in [0.15, 0.2) is 23.1 Å². The number of ketones is 2. The molecular weight excluding hydrogens is 348 g/mol. The van der Waals surface area contributed by atoms with Crippen molar-refractivity contribution in [3.8, 4) is 17.2 Å². The van der Waals surface area contributed by atoms with E-state index in [0.717, 1.165) is 0 Å². The highest BCUT2D eigenvalue weighted by molar-refractivity contribution is 6.10. The van der Waals surface area contributed by atoms with Crippen LogP contribution < -0.4 is 4.74 Å². The number of hydrogen-bond acceptors (Lipinski definition) is 6. The number of benzene rings is 2. The molecule has 6 heteroatoms. The van der Waals surface area contributed by atoms with Gasteiger partial charge in [0.1, 0.15) is 5.75 Å². The first-order valence-corrected chi connectivity index (χ1v) is 8.14. The van der Waals surface area contributed by atoms with Crippen LogP contribution in [0, 0.1) is 0 Å². The van der Waals surface area contributed by atoms with Crippen LogP contribution >= 0.6 is 0 Å². The number of carbonyl (C=O) groups excluding carboxylic acids is 2. The second-order valence-electron chi connectivity index (χ2n) is 5.75. The minimum Gasteiger partial charge on any atom is -0.508 e. The van der Waals surface area contributed by atoms with Gasteiger partial charge < -0.3 is 20.1 Å². The van der Waals surface area contributed by atoms with Crippen LogP contribution in [-0.2, 0) is 16.2 Å². The monoisotopic (exact) mass is 368 g/mol. The van der Waals surface area contributed by atoms with Crippen molar-refractivity contribution in [2.75, 3.05) is 7.11 Å². The summed E-state index contributed by atoms with van der Waals surface area (Å²) in [6, 6.07) is 9.22. The number of ether oxygens (including phenoxy) is 1. The molecule has 2 rings (SSSR count). The summed E-state index contributed by atoms with van der Waals surface area (Å²) in [5.41, 5.74) is 1.64. The van der Waals surface area contributed by atoms with E-state index in [1.54, 1.807) is 24.3 Å². The summed E-state index contributed by atoms with van der Waals surface area (Å²) in [5.74, 6) is -0.461. The normalized spacial score (nSPS) is 11.2. The zero-order chi connectivity index (χ0) is 19.8. The first kappa shape index (κ1) is 19.9. The van der Waals surface area contributed by atoms with Crippen molar-refractivity contribution in [1.29, 1.82) is 0 Å². The molecule has 0 amide bonds. The maximum atomic E-state index is 11.9. The van der Waals surface area contributed by atoms with Gasteiger partial charge in [-0.25, -0.2) is 0 Å². The van der Waals surface area contributed by atoms with Crippen LogP contribution in [0.25, 0.3) is 12.2 Å². The smallest absolute Gasteiger partial charge is 0.163 e. The molecule has 0 saturated carbocycles. The Hall–Kier alpha value is -3.38. The average molecular weight is 368 g/mol. The van der Waals surface area contributed by atoms with Crippen LogP contribution in [0.15, 0.2) is 48.6 Å². The number of aromatic hydroxyl groups is 2. The summed E-state index contributed by atoms with van der Waals surface area (Å²) in [6.07, 6.45) is 5.34. The third-order valence-electron chi connectivity index (χ3n) is 3.75. The topological polar surface area (TPSA) is 104 Å². The molecule has 0 atom stereocenters. The molecule has 27 heavy (non-hydrogen) atoms. The summed E-state index contributed by atoms with van der Waals surface area (Å²) >= 11 is 0. The fourth-order valence-corrected chi connectivity index (χ4v) is 2.30. The molecule has 0 heterocycles. The number of methoxy groups -OCH3 is 1. The molecule has 0 aliphatic heterocycles. The maximum Gasteiger partial charge on any atom is 0.163 e. The largest absolute Gasteiger partial charge is 0.508 e. The van der Waals surface area contributed by atoms with Gasteiger partial charge in [0, 0.05) is 5.56 Å². The Morgan fingerprint density at radius 1 is 0.926 bits per heavy atom. The summed E-state index contributed by atoms with van der Waals surface area (Å²) in [6.45, 7) is -0.313. The molecule has 2 aromatic carbocycles. The van der Waals surface area contributed by atoms with Crippen molar-refractivity contribution in [3.05, 3.63) is 65.2 Å². The molecule has 0 unspecified atom stereocenters. The zero-order valence-electron chi connectivity index (χ0n) is 14.8. The Kier molecular flexibility index (Phi) is 6.91. The van der Waals surface area contributed by atoms with Crippen LogP contribution in [0.1, 0.15) is 23.1 Å². The predicted molar refractivity (Wildman–Crippen MR) is 101 cm³/mol. The Balaban J connectivity index is 1.96. The molecule has 6 nitrogen and oxygen atoms in total. The number of hydrogen-bond donors (Lipinski definition) is 3. The SMILES string of the molecule is COc1cc(/C=C/C(=O)CC(=O)/C=C\c2ccc(O)c(CO)c2)ccc1O. The van der Waals surface area contributed by atoms with E-state index in [-0.39, 0.29) is 36.1 Å². The van der Waals surface area contributed by atoms with Crippen LogP contribution in [0.5, 0.6) is 17.2 Å². The number of aliphatic hydroxyl groups is 1. The number of allylic oxidation sites excluding steroid dienone is 2. The third kappa shape index (κ3) is 5.83. The minimum atomic E-state index is -0.369. The van der Waals surface area contributed by atoms with Gasteiger partial charge in [-0.1, -0.05) is 24.3 Å². The lowest BCUT2D eigenvalue weighted by molar-refractivity contribution is -0.121. The van der Waals surface area contributed by atoms with Gasteiger partial charge >= 0.3 is 0 Å². The summed E-state index contributed by atoms with van der Waals surface area (Å²) in [4.78, 5) is 23.8. The minimum absolute atomic E-state index is 0.000113. The molecule has 0 bridgehead atoms. The van der Waals surface area contributed by atoms with E-state index in [0.29, 0.717) is 22.4 Å². The molecule has 2 aromatic rings. The van der Waals surface area contributed by atoms with Crippen molar-refractivity contribution >= 4 is 23.7 Å². The molecule has 0 aliphatic rings. The zero-order valence-corrected chi connectivity index (χ0v) is 14.8. The number of carbonyl (C=O) groups is 2. The summed E-state index contributed by atoms with van der Waals surface area (Å²) < 4.78 is 4.99. The Labute approximate surface area is 156 Å². The van der Waals surface area contributed by atoms with Crippen molar-refractivity contribution in [2.24, 2.45) is 0 Å². The van der Waals surface area contributed by atoms with Crippen molar-refractivity contribution in [3.63, 3.8) is 0 Å². The number of phenols is 2. The average Bonchev–Trinajstić information content (AvgIpc) is 2.66. The predicted octanol–water partition coefficient (Wildman–Crippen LogP) is 2.85. The van der Waals surface area contributed by atoms with Crippen molar-refractivity contribution < 1.29 is 29.6 Å². The lowest BCUT2D eigenvalue weighted by atomic mass is 10.1. The second kappa shape index (κ2) is 9.35. The summed E-state index contributed by atoms with van der Waals surface area (Å²) in [7, 11) is 1.43. The van der Waals surface area contributed by atoms with Crippen LogP contribution in [0.2, 0.25) is 0 Å². The van der Waals surface area contributed by atoms with Crippen LogP contribution in [0.3, 0.4) is 0 Å². The standard InChI is InChI=1S/C21H20O6/c1-27-21-11-15(5-9-20(21)26)3-7-18(24)12-17(23)6-2-14-4-8-19(25)16(10-14)13-22/h2-11,22,25-26H,12-13H2,1H3/b6-2-,7-3+. The quantitative estimate of drug-likeness (QED) is 0.489. The fraction of sp³-hybridized carbons (Fsp3) is 0.143. The molecule has 140 valence electrons. The molecule has 0 radical (unpaired) electrons. The van der Waals surface area contributed by atoms with Gasteiger partial charge in [0.2, 0.25) is 0 Å². The summed E-state index contributed by atoms with van der Waals surface area (Å²) in [5, 5.41) is 28.2. The highest BCUT2D eigenvalue weighted by Crippen LogP contribution is 2.26. The maximum absolute atomic E-state index is 11.9. The molecule has 0 aliphatic carbocycles. The lowest BCUT2D eigenvalue weighted by Crippen LogP contribution is -2.01. The van der Waals surface area contributed by atoms with E-state index in [2.05, 4.69) is 0 Å². The first-order chi connectivity index (χ1) is 12.9. The van der Waals surface area contributed by atoms with Gasteiger partial charge in [0.05, 0.1) is 20.1 Å².